The normalized spacial score (nSPS) is 21.9. The highest BCUT2D eigenvalue weighted by Gasteiger charge is 2.41. The highest BCUT2D eigenvalue weighted by Crippen LogP contribution is 2.22. The van der Waals surface area contributed by atoms with E-state index in [-0.39, 0.29) is 24.5 Å². The fraction of sp³-hybridized carbons (Fsp3) is 0.357. The minimum atomic E-state index is -0.608. The fourth-order valence-electron chi connectivity index (χ4n) is 2.63. The number of likely N-dealkylation sites (tertiary alicyclic amines) is 1. The largest absolute Gasteiger partial charge is 0.439 e. The number of nitrogens with zero attached hydrogens (tertiary/aromatic N) is 2. The number of amides is 3. The molecule has 1 atom stereocenters. The summed E-state index contributed by atoms with van der Waals surface area (Å²) in [6.07, 6.45) is -0.0220. The van der Waals surface area contributed by atoms with Gasteiger partial charge in [-0.1, -0.05) is 15.9 Å². The Morgan fingerprint density at radius 2 is 1.95 bits per heavy atom. The summed E-state index contributed by atoms with van der Waals surface area (Å²) >= 11 is 3.33. The van der Waals surface area contributed by atoms with Crippen molar-refractivity contribution < 1.29 is 19.1 Å². The number of hydrogen-bond donors (Lipinski definition) is 0. The highest BCUT2D eigenvalue weighted by molar-refractivity contribution is 9.10. The first-order valence-electron chi connectivity index (χ1n) is 6.60. The number of imide groups is 1. The summed E-state index contributed by atoms with van der Waals surface area (Å²) in [6, 6.07) is 6.82. The van der Waals surface area contributed by atoms with Crippen molar-refractivity contribution in [2.24, 2.45) is 0 Å². The first kappa shape index (κ1) is 14.1. The molecule has 1 unspecified atom stereocenters. The monoisotopic (exact) mass is 352 g/mol. The molecule has 0 spiro atoms. The van der Waals surface area contributed by atoms with E-state index in [0.717, 1.165) is 9.37 Å². The molecule has 1 aromatic rings. The van der Waals surface area contributed by atoms with Crippen molar-refractivity contribution in [1.29, 1.82) is 0 Å². The number of halogens is 1. The highest BCUT2D eigenvalue weighted by atomic mass is 79.9. The lowest BCUT2D eigenvalue weighted by atomic mass is 10.2. The lowest BCUT2D eigenvalue weighted by Gasteiger charge is -2.20. The molecule has 0 bridgehead atoms. The molecule has 0 N–H and O–H groups in total. The van der Waals surface area contributed by atoms with Crippen LogP contribution in [0.4, 0.5) is 4.79 Å². The Morgan fingerprint density at radius 3 is 2.57 bits per heavy atom. The number of benzene rings is 1. The lowest BCUT2D eigenvalue weighted by Crippen LogP contribution is -2.42. The maximum atomic E-state index is 12.4. The summed E-state index contributed by atoms with van der Waals surface area (Å²) < 4.78 is 5.62. The minimum absolute atomic E-state index is 0.0926. The molecule has 3 amide bonds. The van der Waals surface area contributed by atoms with Gasteiger partial charge in [-0.3, -0.25) is 9.59 Å². The zero-order chi connectivity index (χ0) is 15.0. The van der Waals surface area contributed by atoms with Gasteiger partial charge < -0.3 is 9.64 Å². The Bertz CT molecular complexity index is 585. The molecular weight excluding hydrogens is 340 g/mol. The third-order valence-corrected chi connectivity index (χ3v) is 4.22. The van der Waals surface area contributed by atoms with E-state index < -0.39 is 6.09 Å². The molecule has 2 saturated heterocycles. The Kier molecular flexibility index (Phi) is 3.67. The van der Waals surface area contributed by atoms with Gasteiger partial charge in [0, 0.05) is 23.1 Å². The van der Waals surface area contributed by atoms with Crippen molar-refractivity contribution in [3.05, 3.63) is 34.3 Å². The molecule has 2 aliphatic rings. The average molecular weight is 353 g/mol. The molecular formula is C14H13BrN2O4. The summed E-state index contributed by atoms with van der Waals surface area (Å²) in [6.45, 7) is 0.683. The van der Waals surface area contributed by atoms with Crippen molar-refractivity contribution in [3.8, 4) is 0 Å². The van der Waals surface area contributed by atoms with Gasteiger partial charge in [0.15, 0.2) is 6.61 Å². The van der Waals surface area contributed by atoms with Crippen LogP contribution in [0, 0.1) is 0 Å². The number of hydrogen-bond acceptors (Lipinski definition) is 4. The maximum absolute atomic E-state index is 12.4. The predicted octanol–water partition coefficient (Wildman–Crippen LogP) is 1.64. The molecule has 2 fully saturated rings. The molecule has 0 aliphatic carbocycles. The Labute approximate surface area is 129 Å². The van der Waals surface area contributed by atoms with Gasteiger partial charge in [-0.05, 0) is 30.7 Å². The average Bonchev–Trinajstić information content (AvgIpc) is 3.06. The molecule has 7 heteroatoms. The third-order valence-electron chi connectivity index (χ3n) is 3.69. The van der Waals surface area contributed by atoms with Crippen molar-refractivity contribution in [2.45, 2.75) is 12.5 Å². The van der Waals surface area contributed by atoms with Crippen LogP contribution in [0.5, 0.6) is 0 Å². The van der Waals surface area contributed by atoms with Crippen LogP contribution in [0.1, 0.15) is 16.8 Å². The maximum Gasteiger partial charge on any atom is 0.417 e. The van der Waals surface area contributed by atoms with Crippen LogP contribution >= 0.6 is 15.9 Å². The number of cyclic esters (lactones) is 1. The van der Waals surface area contributed by atoms with E-state index in [0.29, 0.717) is 25.1 Å². The van der Waals surface area contributed by atoms with Crippen molar-refractivity contribution >= 4 is 33.8 Å². The predicted molar refractivity (Wildman–Crippen MR) is 76.6 cm³/mol. The molecule has 2 aliphatic heterocycles. The number of rotatable bonds is 2. The van der Waals surface area contributed by atoms with Crippen LogP contribution in [-0.4, -0.2) is 53.4 Å². The molecule has 1 aromatic carbocycles. The van der Waals surface area contributed by atoms with E-state index in [4.69, 9.17) is 4.74 Å². The van der Waals surface area contributed by atoms with Gasteiger partial charge in [0.2, 0.25) is 0 Å². The van der Waals surface area contributed by atoms with E-state index in [1.807, 2.05) is 12.1 Å². The van der Waals surface area contributed by atoms with Gasteiger partial charge in [0.05, 0.1) is 6.04 Å². The standard InChI is InChI=1S/C14H13BrN2O4/c15-10-3-1-9(2-4-10)13(19)16-6-5-11(7-16)17-12(18)8-21-14(17)20/h1-4,11H,5-8H2. The molecule has 110 valence electrons. The summed E-state index contributed by atoms with van der Waals surface area (Å²) in [5.74, 6) is -0.423. The van der Waals surface area contributed by atoms with E-state index in [2.05, 4.69) is 15.9 Å². The summed E-state index contributed by atoms with van der Waals surface area (Å²) in [5.41, 5.74) is 0.592. The van der Waals surface area contributed by atoms with Crippen LogP contribution in [0.3, 0.4) is 0 Å². The molecule has 0 radical (unpaired) electrons. The lowest BCUT2D eigenvalue weighted by molar-refractivity contribution is -0.127. The molecule has 21 heavy (non-hydrogen) atoms. The third kappa shape index (κ3) is 2.65. The van der Waals surface area contributed by atoms with Crippen LogP contribution < -0.4 is 0 Å². The first-order valence-corrected chi connectivity index (χ1v) is 7.39. The van der Waals surface area contributed by atoms with Crippen molar-refractivity contribution in [3.63, 3.8) is 0 Å². The van der Waals surface area contributed by atoms with Crippen LogP contribution in [-0.2, 0) is 9.53 Å². The van der Waals surface area contributed by atoms with Crippen molar-refractivity contribution in [2.75, 3.05) is 19.7 Å². The van der Waals surface area contributed by atoms with E-state index >= 15 is 0 Å². The molecule has 6 nitrogen and oxygen atoms in total. The summed E-state index contributed by atoms with van der Waals surface area (Å²) in [4.78, 5) is 38.3. The van der Waals surface area contributed by atoms with Gasteiger partial charge in [-0.25, -0.2) is 9.69 Å². The second-order valence-corrected chi connectivity index (χ2v) is 5.93. The summed E-state index contributed by atoms with van der Waals surface area (Å²) in [5, 5.41) is 0. The Hall–Kier alpha value is -1.89. The smallest absolute Gasteiger partial charge is 0.417 e. The molecule has 3 rings (SSSR count). The van der Waals surface area contributed by atoms with E-state index in [9.17, 15) is 14.4 Å². The first-order chi connectivity index (χ1) is 10.1. The van der Waals surface area contributed by atoms with Gasteiger partial charge in [-0.2, -0.15) is 0 Å². The van der Waals surface area contributed by atoms with Crippen LogP contribution in [0.2, 0.25) is 0 Å². The number of carbonyl (C=O) groups is 3. The molecule has 2 heterocycles. The number of carbonyl (C=O) groups excluding carboxylic acids is 3. The number of ether oxygens (including phenoxy) is 1. The van der Waals surface area contributed by atoms with E-state index in [1.165, 1.54) is 0 Å². The topological polar surface area (TPSA) is 66.9 Å². The van der Waals surface area contributed by atoms with Crippen LogP contribution in [0.25, 0.3) is 0 Å². The quantitative estimate of drug-likeness (QED) is 0.811. The van der Waals surface area contributed by atoms with Crippen molar-refractivity contribution in [1.82, 2.24) is 9.80 Å². The molecule has 0 saturated carbocycles. The molecule has 0 aromatic heterocycles. The SMILES string of the molecule is O=C(c1ccc(Br)cc1)N1CCC(N2C(=O)COC2=O)C1. The Morgan fingerprint density at radius 1 is 1.24 bits per heavy atom. The second-order valence-electron chi connectivity index (χ2n) is 5.02. The zero-order valence-electron chi connectivity index (χ0n) is 11.1. The minimum Gasteiger partial charge on any atom is -0.439 e. The summed E-state index contributed by atoms with van der Waals surface area (Å²) in [7, 11) is 0. The van der Waals surface area contributed by atoms with Crippen LogP contribution in [0.15, 0.2) is 28.7 Å². The van der Waals surface area contributed by atoms with E-state index in [1.54, 1.807) is 17.0 Å². The zero-order valence-corrected chi connectivity index (χ0v) is 12.7. The Balaban J connectivity index is 1.69. The van der Waals surface area contributed by atoms with Gasteiger partial charge >= 0.3 is 6.09 Å². The van der Waals surface area contributed by atoms with Gasteiger partial charge in [-0.15, -0.1) is 0 Å². The fourth-order valence-corrected chi connectivity index (χ4v) is 2.89. The van der Waals surface area contributed by atoms with Gasteiger partial charge in [0.1, 0.15) is 0 Å². The second kappa shape index (κ2) is 5.48. The van der Waals surface area contributed by atoms with Gasteiger partial charge in [0.25, 0.3) is 11.8 Å².